The number of aromatic hydroxyl groups is 1. The number of aromatic nitrogens is 2. The van der Waals surface area contributed by atoms with Gasteiger partial charge in [-0.2, -0.15) is 16.7 Å². The Labute approximate surface area is 120 Å². The second-order valence-electron chi connectivity index (χ2n) is 4.89. The van der Waals surface area contributed by atoms with Crippen molar-refractivity contribution in [2.75, 3.05) is 0 Å². The zero-order valence-electron chi connectivity index (χ0n) is 10.9. The minimum absolute atomic E-state index is 0.0648. The van der Waals surface area contributed by atoms with Gasteiger partial charge < -0.3 is 9.63 Å². The molecule has 0 unspecified atom stereocenters. The van der Waals surface area contributed by atoms with Crippen molar-refractivity contribution in [3.63, 3.8) is 0 Å². The Balaban J connectivity index is 1.71. The summed E-state index contributed by atoms with van der Waals surface area (Å²) in [5, 5.41) is 14.3. The number of halogens is 1. The van der Waals surface area contributed by atoms with Crippen molar-refractivity contribution in [2.24, 2.45) is 0 Å². The summed E-state index contributed by atoms with van der Waals surface area (Å²) in [6, 6.07) is 3.66. The van der Waals surface area contributed by atoms with E-state index in [0.717, 1.165) is 0 Å². The molecule has 0 bridgehead atoms. The topological polar surface area (TPSA) is 59.2 Å². The molecule has 1 saturated carbocycles. The lowest BCUT2D eigenvalue weighted by Gasteiger charge is -2.04. The van der Waals surface area contributed by atoms with E-state index < -0.39 is 5.82 Å². The second kappa shape index (κ2) is 5.83. The van der Waals surface area contributed by atoms with E-state index in [1.165, 1.54) is 43.9 Å². The minimum atomic E-state index is -0.446. The highest BCUT2D eigenvalue weighted by Gasteiger charge is 2.18. The fourth-order valence-corrected chi connectivity index (χ4v) is 3.52. The molecule has 6 heteroatoms. The molecule has 1 heterocycles. The maximum absolute atomic E-state index is 13.2. The SMILES string of the molecule is Oc1ccc(F)cc1-c1nc(CSC2CCCC2)no1. The van der Waals surface area contributed by atoms with E-state index in [9.17, 15) is 9.50 Å². The molecular formula is C14H15FN2O2S. The zero-order chi connectivity index (χ0) is 13.9. The summed E-state index contributed by atoms with van der Waals surface area (Å²) < 4.78 is 18.3. The van der Waals surface area contributed by atoms with Gasteiger partial charge in [-0.15, -0.1) is 0 Å². The number of phenolic OH excluding ortho intramolecular Hbond substituents is 1. The molecule has 106 valence electrons. The molecule has 2 aromatic rings. The monoisotopic (exact) mass is 294 g/mol. The Morgan fingerprint density at radius 2 is 2.15 bits per heavy atom. The van der Waals surface area contributed by atoms with Crippen LogP contribution < -0.4 is 0 Å². The summed E-state index contributed by atoms with van der Waals surface area (Å²) >= 11 is 1.83. The van der Waals surface area contributed by atoms with Crippen LogP contribution in [0.2, 0.25) is 0 Å². The van der Waals surface area contributed by atoms with Crippen LogP contribution in [-0.2, 0) is 5.75 Å². The first-order chi connectivity index (χ1) is 9.72. The number of hydrogen-bond acceptors (Lipinski definition) is 5. The molecule has 0 spiro atoms. The van der Waals surface area contributed by atoms with Crippen LogP contribution in [0, 0.1) is 5.82 Å². The highest BCUT2D eigenvalue weighted by atomic mass is 32.2. The van der Waals surface area contributed by atoms with Gasteiger partial charge in [0.05, 0.1) is 11.3 Å². The van der Waals surface area contributed by atoms with Gasteiger partial charge in [0.15, 0.2) is 5.82 Å². The molecule has 0 radical (unpaired) electrons. The number of phenols is 1. The number of nitrogens with zero attached hydrogens (tertiary/aromatic N) is 2. The van der Waals surface area contributed by atoms with Crippen LogP contribution in [0.15, 0.2) is 22.7 Å². The second-order valence-corrected chi connectivity index (χ2v) is 6.18. The fourth-order valence-electron chi connectivity index (χ4n) is 2.35. The minimum Gasteiger partial charge on any atom is -0.507 e. The molecule has 1 N–H and O–H groups in total. The van der Waals surface area contributed by atoms with E-state index in [1.807, 2.05) is 11.8 Å². The van der Waals surface area contributed by atoms with Crippen molar-refractivity contribution >= 4 is 11.8 Å². The number of hydrogen-bond donors (Lipinski definition) is 1. The first-order valence-corrected chi connectivity index (χ1v) is 7.70. The van der Waals surface area contributed by atoms with Gasteiger partial charge in [-0.3, -0.25) is 0 Å². The lowest BCUT2D eigenvalue weighted by Crippen LogP contribution is -1.95. The molecule has 0 atom stereocenters. The fraction of sp³-hybridized carbons (Fsp3) is 0.429. The number of thioether (sulfide) groups is 1. The quantitative estimate of drug-likeness (QED) is 0.930. The van der Waals surface area contributed by atoms with E-state index in [0.29, 0.717) is 16.8 Å². The van der Waals surface area contributed by atoms with E-state index >= 15 is 0 Å². The summed E-state index contributed by atoms with van der Waals surface area (Å²) in [5.74, 6) is 0.914. The first kappa shape index (κ1) is 13.4. The van der Waals surface area contributed by atoms with Crippen molar-refractivity contribution < 1.29 is 14.0 Å². The molecule has 1 aromatic carbocycles. The summed E-state index contributed by atoms with van der Waals surface area (Å²) in [6.07, 6.45) is 5.10. The average molecular weight is 294 g/mol. The van der Waals surface area contributed by atoms with Crippen molar-refractivity contribution in [1.29, 1.82) is 0 Å². The molecule has 1 aromatic heterocycles. The van der Waals surface area contributed by atoms with E-state index in [1.54, 1.807) is 0 Å². The van der Waals surface area contributed by atoms with Gasteiger partial charge in [0.25, 0.3) is 5.89 Å². The predicted octanol–water partition coefficient (Wildman–Crippen LogP) is 3.76. The molecule has 4 nitrogen and oxygen atoms in total. The Kier molecular flexibility index (Phi) is 3.91. The largest absolute Gasteiger partial charge is 0.507 e. The molecule has 20 heavy (non-hydrogen) atoms. The number of benzene rings is 1. The number of rotatable bonds is 4. The third-order valence-electron chi connectivity index (χ3n) is 3.41. The van der Waals surface area contributed by atoms with Gasteiger partial charge in [-0.25, -0.2) is 4.39 Å². The van der Waals surface area contributed by atoms with Crippen LogP contribution in [-0.4, -0.2) is 20.5 Å². The third kappa shape index (κ3) is 2.95. The van der Waals surface area contributed by atoms with Crippen molar-refractivity contribution in [3.8, 4) is 17.2 Å². The van der Waals surface area contributed by atoms with Gasteiger partial charge in [-0.05, 0) is 31.0 Å². The molecule has 0 amide bonds. The third-order valence-corrected chi connectivity index (χ3v) is 4.78. The van der Waals surface area contributed by atoms with Crippen LogP contribution in [0.1, 0.15) is 31.5 Å². The zero-order valence-corrected chi connectivity index (χ0v) is 11.7. The molecular weight excluding hydrogens is 279 g/mol. The van der Waals surface area contributed by atoms with Crippen molar-refractivity contribution in [1.82, 2.24) is 10.1 Å². The van der Waals surface area contributed by atoms with E-state index in [4.69, 9.17) is 4.52 Å². The van der Waals surface area contributed by atoms with Crippen molar-refractivity contribution in [2.45, 2.75) is 36.7 Å². The van der Waals surface area contributed by atoms with Gasteiger partial charge in [-0.1, -0.05) is 18.0 Å². The maximum Gasteiger partial charge on any atom is 0.261 e. The maximum atomic E-state index is 13.2. The standard InChI is InChI=1S/C14H15FN2O2S/c15-9-5-6-12(18)11(7-9)14-16-13(17-19-14)8-20-10-3-1-2-4-10/h5-7,10,18H,1-4,8H2. The summed E-state index contributed by atoms with van der Waals surface area (Å²) in [4.78, 5) is 4.22. The average Bonchev–Trinajstić information content (AvgIpc) is 3.10. The molecule has 0 aliphatic heterocycles. The van der Waals surface area contributed by atoms with Crippen molar-refractivity contribution in [3.05, 3.63) is 29.8 Å². The van der Waals surface area contributed by atoms with Gasteiger partial charge in [0, 0.05) is 5.25 Å². The molecule has 1 aliphatic rings. The predicted molar refractivity (Wildman–Crippen MR) is 74.9 cm³/mol. The molecule has 1 fully saturated rings. The van der Waals surface area contributed by atoms with Crippen LogP contribution in [0.5, 0.6) is 5.75 Å². The first-order valence-electron chi connectivity index (χ1n) is 6.65. The van der Waals surface area contributed by atoms with E-state index in [2.05, 4.69) is 10.1 Å². The van der Waals surface area contributed by atoms with Crippen LogP contribution >= 0.6 is 11.8 Å². The smallest absolute Gasteiger partial charge is 0.261 e. The van der Waals surface area contributed by atoms with Gasteiger partial charge in [0.1, 0.15) is 11.6 Å². The lowest BCUT2D eigenvalue weighted by atomic mass is 10.2. The highest BCUT2D eigenvalue weighted by Crippen LogP contribution is 2.32. The Morgan fingerprint density at radius 1 is 1.35 bits per heavy atom. The summed E-state index contributed by atoms with van der Waals surface area (Å²) in [7, 11) is 0. The Hall–Kier alpha value is -1.56. The van der Waals surface area contributed by atoms with Crippen LogP contribution in [0.3, 0.4) is 0 Å². The van der Waals surface area contributed by atoms with Gasteiger partial charge in [0.2, 0.25) is 0 Å². The van der Waals surface area contributed by atoms with Crippen LogP contribution in [0.4, 0.5) is 4.39 Å². The van der Waals surface area contributed by atoms with E-state index in [-0.39, 0.29) is 17.2 Å². The summed E-state index contributed by atoms with van der Waals surface area (Å²) in [6.45, 7) is 0. The molecule has 3 rings (SSSR count). The van der Waals surface area contributed by atoms with Gasteiger partial charge >= 0.3 is 0 Å². The lowest BCUT2D eigenvalue weighted by molar-refractivity contribution is 0.419. The Morgan fingerprint density at radius 3 is 2.95 bits per heavy atom. The molecule has 1 aliphatic carbocycles. The highest BCUT2D eigenvalue weighted by molar-refractivity contribution is 7.99. The Bertz CT molecular complexity index is 597. The normalized spacial score (nSPS) is 15.8. The van der Waals surface area contributed by atoms with Crippen LogP contribution in [0.25, 0.3) is 11.5 Å². The summed E-state index contributed by atoms with van der Waals surface area (Å²) in [5.41, 5.74) is 0.231. The molecule has 0 saturated heterocycles.